The molecule has 0 aromatic heterocycles. The maximum absolute atomic E-state index is 12.0. The Labute approximate surface area is 108 Å². The van der Waals surface area contributed by atoms with Gasteiger partial charge in [0.1, 0.15) is 0 Å². The predicted octanol–water partition coefficient (Wildman–Crippen LogP) is 2.62. The number of hydrogen-bond donors (Lipinski definition) is 0. The van der Waals surface area contributed by atoms with Crippen LogP contribution in [-0.2, 0) is 19.1 Å². The second-order valence-electron chi connectivity index (χ2n) is 4.66. The summed E-state index contributed by atoms with van der Waals surface area (Å²) in [6.45, 7) is 4.16. The first-order chi connectivity index (χ1) is 8.55. The average Bonchev–Trinajstić information content (AvgIpc) is 2.44. The van der Waals surface area contributed by atoms with Crippen molar-refractivity contribution in [3.8, 4) is 0 Å². The van der Waals surface area contributed by atoms with Gasteiger partial charge in [-0.1, -0.05) is 25.0 Å². The van der Waals surface area contributed by atoms with Crippen LogP contribution in [0.15, 0.2) is 11.1 Å². The molecule has 0 spiro atoms. The van der Waals surface area contributed by atoms with Crippen LogP contribution in [0, 0.1) is 5.41 Å². The van der Waals surface area contributed by atoms with Crippen molar-refractivity contribution < 1.29 is 19.1 Å². The third-order valence-corrected chi connectivity index (χ3v) is 3.87. The van der Waals surface area contributed by atoms with Gasteiger partial charge < -0.3 is 9.47 Å². The van der Waals surface area contributed by atoms with Gasteiger partial charge in [-0.25, -0.2) is 0 Å². The molecule has 0 saturated carbocycles. The molecule has 0 heterocycles. The normalized spacial score (nSPS) is 18.4. The molecule has 4 heteroatoms. The minimum absolute atomic E-state index is 0.437. The second kappa shape index (κ2) is 6.03. The zero-order chi connectivity index (χ0) is 13.8. The van der Waals surface area contributed by atoms with Gasteiger partial charge in [0.25, 0.3) is 0 Å². The molecule has 1 rings (SSSR count). The summed E-state index contributed by atoms with van der Waals surface area (Å²) in [5.74, 6) is -0.953. The minimum atomic E-state index is -1.13. The highest BCUT2D eigenvalue weighted by Crippen LogP contribution is 2.43. The van der Waals surface area contributed by atoms with E-state index < -0.39 is 17.4 Å². The van der Waals surface area contributed by atoms with E-state index in [0.717, 1.165) is 19.3 Å². The van der Waals surface area contributed by atoms with Crippen molar-refractivity contribution in [2.75, 3.05) is 14.2 Å². The Morgan fingerprint density at radius 2 is 1.56 bits per heavy atom. The molecule has 4 nitrogen and oxygen atoms in total. The van der Waals surface area contributed by atoms with Gasteiger partial charge in [-0.05, 0) is 32.1 Å². The van der Waals surface area contributed by atoms with E-state index in [1.807, 2.05) is 0 Å². The van der Waals surface area contributed by atoms with Crippen LogP contribution >= 0.6 is 0 Å². The molecule has 0 fully saturated rings. The van der Waals surface area contributed by atoms with Gasteiger partial charge >= 0.3 is 11.9 Å². The summed E-state index contributed by atoms with van der Waals surface area (Å²) in [6.07, 6.45) is 3.52. The fraction of sp³-hybridized carbons (Fsp3) is 0.714. The Balaban J connectivity index is 3.14. The molecular formula is C14H22O4. The van der Waals surface area contributed by atoms with E-state index in [9.17, 15) is 9.59 Å². The largest absolute Gasteiger partial charge is 0.468 e. The summed E-state index contributed by atoms with van der Waals surface area (Å²) in [4.78, 5) is 24.0. The second-order valence-corrected chi connectivity index (χ2v) is 4.66. The molecular weight excluding hydrogens is 232 g/mol. The summed E-state index contributed by atoms with van der Waals surface area (Å²) in [5, 5.41) is 0. The number of hydrogen-bond acceptors (Lipinski definition) is 4. The van der Waals surface area contributed by atoms with Crippen molar-refractivity contribution in [2.45, 2.75) is 46.0 Å². The van der Waals surface area contributed by atoms with E-state index in [1.165, 1.54) is 25.4 Å². The molecule has 18 heavy (non-hydrogen) atoms. The summed E-state index contributed by atoms with van der Waals surface area (Å²) in [6, 6.07) is 0. The van der Waals surface area contributed by atoms with E-state index >= 15 is 0 Å². The predicted molar refractivity (Wildman–Crippen MR) is 67.9 cm³/mol. The number of ether oxygens (including phenoxy) is 2. The standard InChI is InChI=1S/C14H22O4/c1-5-10-7-8-14(12(15)17-3,13(16)18-4)9-11(10)6-2/h5-9H2,1-4H3. The summed E-state index contributed by atoms with van der Waals surface area (Å²) >= 11 is 0. The van der Waals surface area contributed by atoms with Gasteiger partial charge in [-0.2, -0.15) is 0 Å². The van der Waals surface area contributed by atoms with Crippen molar-refractivity contribution in [2.24, 2.45) is 5.41 Å². The highest BCUT2D eigenvalue weighted by Gasteiger charge is 2.50. The van der Waals surface area contributed by atoms with Gasteiger partial charge in [0.2, 0.25) is 0 Å². The third-order valence-electron chi connectivity index (χ3n) is 3.87. The lowest BCUT2D eigenvalue weighted by atomic mass is 9.70. The van der Waals surface area contributed by atoms with E-state index in [0.29, 0.717) is 12.8 Å². The Kier molecular flexibility index (Phi) is 4.93. The first kappa shape index (κ1) is 14.7. The lowest BCUT2D eigenvalue weighted by Crippen LogP contribution is -2.43. The topological polar surface area (TPSA) is 52.6 Å². The fourth-order valence-corrected chi connectivity index (χ4v) is 2.74. The van der Waals surface area contributed by atoms with Crippen molar-refractivity contribution in [3.63, 3.8) is 0 Å². The van der Waals surface area contributed by atoms with Crippen molar-refractivity contribution in [1.82, 2.24) is 0 Å². The van der Waals surface area contributed by atoms with Crippen LogP contribution in [0.25, 0.3) is 0 Å². The first-order valence-corrected chi connectivity index (χ1v) is 6.42. The van der Waals surface area contributed by atoms with Gasteiger partial charge in [-0.3, -0.25) is 9.59 Å². The summed E-state index contributed by atoms with van der Waals surface area (Å²) < 4.78 is 9.63. The number of methoxy groups -OCH3 is 2. The molecule has 102 valence electrons. The molecule has 0 amide bonds. The highest BCUT2D eigenvalue weighted by molar-refractivity contribution is 6.00. The van der Waals surface area contributed by atoms with Gasteiger partial charge in [0.15, 0.2) is 5.41 Å². The van der Waals surface area contributed by atoms with Crippen LogP contribution in [0.2, 0.25) is 0 Å². The van der Waals surface area contributed by atoms with Crippen LogP contribution in [0.4, 0.5) is 0 Å². The van der Waals surface area contributed by atoms with Gasteiger partial charge in [0, 0.05) is 0 Å². The maximum Gasteiger partial charge on any atom is 0.323 e. The third kappa shape index (κ3) is 2.42. The molecule has 0 aromatic carbocycles. The molecule has 0 saturated heterocycles. The number of carbonyl (C=O) groups is 2. The van der Waals surface area contributed by atoms with E-state index in [2.05, 4.69) is 13.8 Å². The molecule has 0 aliphatic heterocycles. The summed E-state index contributed by atoms with van der Waals surface area (Å²) in [7, 11) is 2.63. The smallest absolute Gasteiger partial charge is 0.323 e. The first-order valence-electron chi connectivity index (χ1n) is 6.42. The van der Waals surface area contributed by atoms with E-state index in [4.69, 9.17) is 9.47 Å². The minimum Gasteiger partial charge on any atom is -0.468 e. The van der Waals surface area contributed by atoms with Crippen molar-refractivity contribution in [1.29, 1.82) is 0 Å². The van der Waals surface area contributed by atoms with E-state index in [1.54, 1.807) is 0 Å². The Morgan fingerprint density at radius 1 is 1.06 bits per heavy atom. The Morgan fingerprint density at radius 3 is 1.94 bits per heavy atom. The highest BCUT2D eigenvalue weighted by atomic mass is 16.5. The van der Waals surface area contributed by atoms with Crippen LogP contribution in [-0.4, -0.2) is 26.2 Å². The molecule has 0 atom stereocenters. The zero-order valence-corrected chi connectivity index (χ0v) is 11.7. The quantitative estimate of drug-likeness (QED) is 0.439. The molecule has 1 aliphatic carbocycles. The number of allylic oxidation sites excluding steroid dienone is 2. The summed E-state index contributed by atoms with van der Waals surface area (Å²) in [5.41, 5.74) is 1.42. The van der Waals surface area contributed by atoms with Crippen molar-refractivity contribution in [3.05, 3.63) is 11.1 Å². The monoisotopic (exact) mass is 254 g/mol. The number of esters is 2. The fourth-order valence-electron chi connectivity index (χ4n) is 2.74. The Bertz CT molecular complexity index is 352. The number of rotatable bonds is 4. The van der Waals surface area contributed by atoms with Crippen LogP contribution in [0.5, 0.6) is 0 Å². The van der Waals surface area contributed by atoms with Crippen LogP contribution in [0.3, 0.4) is 0 Å². The zero-order valence-electron chi connectivity index (χ0n) is 11.7. The van der Waals surface area contributed by atoms with Gasteiger partial charge in [0.05, 0.1) is 14.2 Å². The van der Waals surface area contributed by atoms with Crippen LogP contribution < -0.4 is 0 Å². The van der Waals surface area contributed by atoms with Crippen molar-refractivity contribution >= 4 is 11.9 Å². The molecule has 0 aromatic rings. The SMILES string of the molecule is CCC1=C(CC)CC(C(=O)OC)(C(=O)OC)CC1. The molecule has 0 radical (unpaired) electrons. The average molecular weight is 254 g/mol. The lowest BCUT2D eigenvalue weighted by Gasteiger charge is -2.34. The maximum atomic E-state index is 12.0. The molecule has 0 unspecified atom stereocenters. The van der Waals surface area contributed by atoms with Crippen LogP contribution in [0.1, 0.15) is 46.0 Å². The van der Waals surface area contributed by atoms with Gasteiger partial charge in [-0.15, -0.1) is 0 Å². The lowest BCUT2D eigenvalue weighted by molar-refractivity contribution is -0.170. The molecule has 0 N–H and O–H groups in total. The Hall–Kier alpha value is -1.32. The number of carbonyl (C=O) groups excluding carboxylic acids is 2. The molecule has 1 aliphatic rings. The van der Waals surface area contributed by atoms with E-state index in [-0.39, 0.29) is 0 Å². The molecule has 0 bridgehead atoms.